The number of anilines is 1. The largest absolute Gasteiger partial charge is 0.378 e. The minimum atomic E-state index is -0.510. The van der Waals surface area contributed by atoms with E-state index in [2.05, 4.69) is 16.2 Å². The normalized spacial score (nSPS) is 14.1. The molecule has 0 unspecified atom stereocenters. The number of carbonyl (C=O) groups excluding carboxylic acids is 1. The number of hydrogen-bond donors (Lipinski definition) is 3. The Labute approximate surface area is 150 Å². The lowest BCUT2D eigenvalue weighted by atomic mass is 10.1. The second kappa shape index (κ2) is 8.58. The Kier molecular flexibility index (Phi) is 6.48. The first-order valence-corrected chi connectivity index (χ1v) is 8.27. The molecule has 1 aliphatic rings. The predicted octanol–water partition coefficient (Wildman–Crippen LogP) is 0.949. The van der Waals surface area contributed by atoms with Crippen LogP contribution in [-0.4, -0.2) is 48.3 Å². The van der Waals surface area contributed by atoms with E-state index in [1.54, 1.807) is 12.1 Å². The van der Waals surface area contributed by atoms with Crippen LogP contribution in [0.3, 0.4) is 0 Å². The van der Waals surface area contributed by atoms with Crippen LogP contribution in [-0.2, 0) is 4.74 Å². The average Bonchev–Trinajstić information content (AvgIpc) is 2.59. The van der Waals surface area contributed by atoms with Crippen LogP contribution in [0, 0.1) is 10.1 Å². The average molecular weight is 367 g/mol. The highest BCUT2D eigenvalue weighted by Crippen LogP contribution is 2.29. The lowest BCUT2D eigenvalue weighted by molar-refractivity contribution is -0.384. The molecular weight excluding hydrogens is 346 g/mol. The first kappa shape index (κ1) is 18.9. The monoisotopic (exact) mass is 367 g/mol. The molecule has 0 bridgehead atoms. The third-order valence-corrected chi connectivity index (χ3v) is 3.72. The zero-order valence-electron chi connectivity index (χ0n) is 14.1. The van der Waals surface area contributed by atoms with Gasteiger partial charge in [0, 0.05) is 30.8 Å². The molecule has 1 aliphatic heterocycles. The summed E-state index contributed by atoms with van der Waals surface area (Å²) in [5.41, 5.74) is 5.52. The summed E-state index contributed by atoms with van der Waals surface area (Å²) in [6.07, 6.45) is 0. The number of benzene rings is 1. The zero-order valence-corrected chi connectivity index (χ0v) is 14.9. The number of hydrogen-bond acceptors (Lipinski definition) is 6. The highest BCUT2D eigenvalue weighted by Gasteiger charge is 2.23. The molecule has 1 heterocycles. The smallest absolute Gasteiger partial charge is 0.293 e. The Morgan fingerprint density at radius 2 is 2.00 bits per heavy atom. The van der Waals surface area contributed by atoms with Gasteiger partial charge in [-0.2, -0.15) is 0 Å². The van der Waals surface area contributed by atoms with Gasteiger partial charge in [0.15, 0.2) is 5.11 Å². The summed E-state index contributed by atoms with van der Waals surface area (Å²) in [6, 6.07) is 4.52. The van der Waals surface area contributed by atoms with Gasteiger partial charge in [0.05, 0.1) is 18.1 Å². The Morgan fingerprint density at radius 1 is 1.32 bits per heavy atom. The molecule has 1 amide bonds. The van der Waals surface area contributed by atoms with E-state index in [0.29, 0.717) is 32.0 Å². The third-order valence-electron chi connectivity index (χ3n) is 3.50. The van der Waals surface area contributed by atoms with Crippen molar-refractivity contribution < 1.29 is 14.5 Å². The summed E-state index contributed by atoms with van der Waals surface area (Å²) in [6.45, 7) is 5.99. The second-order valence-electron chi connectivity index (χ2n) is 5.77. The standard InChI is InChI=1S/C15H21N5O4S/c1-10(2)16-15(25)18-17-14(21)11-3-4-12(13(9-11)20(22)23)19-5-7-24-8-6-19/h3-4,9-10H,5-8H2,1-2H3,(H,17,21)(H2,16,18,25). The SMILES string of the molecule is CC(C)NC(=S)NNC(=O)c1ccc(N2CCOCC2)c([N+](=O)[O-])c1. The van der Waals surface area contributed by atoms with Crippen LogP contribution in [0.2, 0.25) is 0 Å². The quantitative estimate of drug-likeness (QED) is 0.410. The van der Waals surface area contributed by atoms with Gasteiger partial charge in [-0.3, -0.25) is 25.8 Å². The number of amides is 1. The van der Waals surface area contributed by atoms with E-state index in [4.69, 9.17) is 17.0 Å². The lowest BCUT2D eigenvalue weighted by Crippen LogP contribution is -2.48. The van der Waals surface area contributed by atoms with Crippen LogP contribution >= 0.6 is 12.2 Å². The molecule has 9 nitrogen and oxygen atoms in total. The van der Waals surface area contributed by atoms with E-state index in [0.717, 1.165) is 0 Å². The van der Waals surface area contributed by atoms with Crippen LogP contribution in [0.5, 0.6) is 0 Å². The van der Waals surface area contributed by atoms with Crippen LogP contribution < -0.4 is 21.1 Å². The molecule has 1 aromatic rings. The van der Waals surface area contributed by atoms with E-state index in [-0.39, 0.29) is 22.4 Å². The third kappa shape index (κ3) is 5.26. The zero-order chi connectivity index (χ0) is 18.4. The van der Waals surface area contributed by atoms with Crippen molar-refractivity contribution in [2.45, 2.75) is 19.9 Å². The molecule has 0 atom stereocenters. The van der Waals surface area contributed by atoms with Gasteiger partial charge in [-0.1, -0.05) is 0 Å². The molecule has 0 radical (unpaired) electrons. The molecule has 2 rings (SSSR count). The maximum Gasteiger partial charge on any atom is 0.293 e. The summed E-state index contributed by atoms with van der Waals surface area (Å²) < 4.78 is 5.26. The topological polar surface area (TPSA) is 109 Å². The van der Waals surface area contributed by atoms with Gasteiger partial charge in [-0.25, -0.2) is 0 Å². The van der Waals surface area contributed by atoms with Crippen molar-refractivity contribution >= 4 is 34.6 Å². The fourth-order valence-corrected chi connectivity index (χ4v) is 2.65. The Balaban J connectivity index is 2.11. The minimum Gasteiger partial charge on any atom is -0.378 e. The fourth-order valence-electron chi connectivity index (χ4n) is 2.37. The van der Waals surface area contributed by atoms with Crippen molar-refractivity contribution in [3.63, 3.8) is 0 Å². The Hall–Kier alpha value is -2.46. The van der Waals surface area contributed by atoms with Crippen LogP contribution in [0.1, 0.15) is 24.2 Å². The maximum atomic E-state index is 12.2. The molecule has 3 N–H and O–H groups in total. The summed E-state index contributed by atoms with van der Waals surface area (Å²) in [7, 11) is 0. The molecule has 0 spiro atoms. The molecule has 0 saturated carbocycles. The van der Waals surface area contributed by atoms with Crippen LogP contribution in [0.4, 0.5) is 11.4 Å². The number of rotatable bonds is 4. The molecule has 1 saturated heterocycles. The number of nitrogens with one attached hydrogen (secondary N) is 3. The molecule has 1 aromatic carbocycles. The van der Waals surface area contributed by atoms with Crippen molar-refractivity contribution in [1.29, 1.82) is 0 Å². The highest BCUT2D eigenvalue weighted by atomic mass is 32.1. The first-order chi connectivity index (χ1) is 11.9. The maximum absolute atomic E-state index is 12.2. The Morgan fingerprint density at radius 3 is 2.60 bits per heavy atom. The van der Waals surface area contributed by atoms with Crippen molar-refractivity contribution in [3.05, 3.63) is 33.9 Å². The molecule has 0 aliphatic carbocycles. The first-order valence-electron chi connectivity index (χ1n) is 7.86. The number of carbonyl (C=O) groups is 1. The number of nitrogens with zero attached hydrogens (tertiary/aromatic N) is 2. The van der Waals surface area contributed by atoms with Gasteiger partial charge in [-0.15, -0.1) is 0 Å². The molecule has 10 heteroatoms. The van der Waals surface area contributed by atoms with E-state index in [1.165, 1.54) is 6.07 Å². The summed E-state index contributed by atoms with van der Waals surface area (Å²) in [5, 5.41) is 14.6. The molecule has 136 valence electrons. The van der Waals surface area contributed by atoms with Gasteiger partial charge in [0.1, 0.15) is 5.69 Å². The van der Waals surface area contributed by atoms with E-state index < -0.39 is 10.8 Å². The highest BCUT2D eigenvalue weighted by molar-refractivity contribution is 7.80. The van der Waals surface area contributed by atoms with Crippen LogP contribution in [0.15, 0.2) is 18.2 Å². The molecule has 25 heavy (non-hydrogen) atoms. The van der Waals surface area contributed by atoms with Gasteiger partial charge in [0.25, 0.3) is 11.6 Å². The minimum absolute atomic E-state index is 0.113. The van der Waals surface area contributed by atoms with E-state index >= 15 is 0 Å². The number of ether oxygens (including phenoxy) is 1. The van der Waals surface area contributed by atoms with Crippen molar-refractivity contribution in [2.75, 3.05) is 31.2 Å². The fraction of sp³-hybridized carbons (Fsp3) is 0.467. The molecule has 0 aromatic heterocycles. The van der Waals surface area contributed by atoms with Gasteiger partial charge < -0.3 is 15.0 Å². The number of nitro benzene ring substituents is 1. The second-order valence-corrected chi connectivity index (χ2v) is 6.18. The van der Waals surface area contributed by atoms with Gasteiger partial charge >= 0.3 is 0 Å². The number of morpholine rings is 1. The number of thiocarbonyl (C=S) groups is 1. The van der Waals surface area contributed by atoms with E-state index in [1.807, 2.05) is 18.7 Å². The Bertz CT molecular complexity index is 661. The van der Waals surface area contributed by atoms with E-state index in [9.17, 15) is 14.9 Å². The number of hydrazine groups is 1. The lowest BCUT2D eigenvalue weighted by Gasteiger charge is -2.28. The van der Waals surface area contributed by atoms with Crippen LogP contribution in [0.25, 0.3) is 0 Å². The van der Waals surface area contributed by atoms with Gasteiger partial charge in [0.2, 0.25) is 0 Å². The molecule has 1 fully saturated rings. The van der Waals surface area contributed by atoms with Gasteiger partial charge in [-0.05, 0) is 38.2 Å². The summed E-state index contributed by atoms with van der Waals surface area (Å²) in [4.78, 5) is 25.0. The van der Waals surface area contributed by atoms with Crippen molar-refractivity contribution in [3.8, 4) is 0 Å². The summed E-state index contributed by atoms with van der Waals surface area (Å²) in [5.74, 6) is -0.510. The summed E-state index contributed by atoms with van der Waals surface area (Å²) >= 11 is 5.01. The van der Waals surface area contributed by atoms with Crippen molar-refractivity contribution in [2.24, 2.45) is 0 Å². The van der Waals surface area contributed by atoms with Crippen molar-refractivity contribution in [1.82, 2.24) is 16.2 Å². The predicted molar refractivity (Wildman–Crippen MR) is 97.6 cm³/mol. The number of nitro groups is 1. The molecular formula is C15H21N5O4S.